The molecule has 0 amide bonds. The van der Waals surface area contributed by atoms with E-state index in [4.69, 9.17) is 20.8 Å². The fraction of sp³-hybridized carbons (Fsp3) is 0.167. The van der Waals surface area contributed by atoms with Crippen LogP contribution in [0.3, 0.4) is 0 Å². The Labute approximate surface area is 102 Å². The van der Waals surface area contributed by atoms with Crippen molar-refractivity contribution in [2.45, 2.75) is 12.0 Å². The van der Waals surface area contributed by atoms with Crippen LogP contribution in [-0.4, -0.2) is 17.2 Å². The van der Waals surface area contributed by atoms with Crippen molar-refractivity contribution in [3.8, 4) is 6.07 Å². The zero-order chi connectivity index (χ0) is 13.3. The number of carboxylic acid groups (broad SMARTS) is 1. The van der Waals surface area contributed by atoms with Crippen molar-refractivity contribution >= 4 is 5.97 Å². The summed E-state index contributed by atoms with van der Waals surface area (Å²) in [5, 5.41) is 18.0. The summed E-state index contributed by atoms with van der Waals surface area (Å²) in [6, 6.07) is 7.04. The second-order valence-corrected chi connectivity index (χ2v) is 3.80. The first-order valence-electron chi connectivity index (χ1n) is 5.09. The smallest absolute Gasteiger partial charge is 0.346 e. The van der Waals surface area contributed by atoms with Gasteiger partial charge in [-0.15, -0.1) is 0 Å². The molecule has 1 aromatic carbocycles. The number of hydrogen-bond acceptors (Lipinski definition) is 4. The first-order chi connectivity index (χ1) is 8.54. The number of rotatable bonds is 2. The molecule has 0 aromatic heterocycles. The Bertz CT molecular complexity index is 560. The molecule has 3 N–H and O–H groups in total. The Balaban J connectivity index is 2.47. The first-order valence-corrected chi connectivity index (χ1v) is 5.09. The van der Waals surface area contributed by atoms with Crippen LogP contribution >= 0.6 is 0 Å². The largest absolute Gasteiger partial charge is 0.478 e. The molecule has 1 aliphatic rings. The molecule has 0 bridgehead atoms. The number of ether oxygens (including phenoxy) is 1. The molecule has 0 spiro atoms. The van der Waals surface area contributed by atoms with Crippen LogP contribution in [0.25, 0.3) is 0 Å². The number of hydrogen-bond donors (Lipinski definition) is 2. The van der Waals surface area contributed by atoms with Gasteiger partial charge in [0, 0.05) is 0 Å². The lowest BCUT2D eigenvalue weighted by atomic mass is 9.88. The van der Waals surface area contributed by atoms with E-state index >= 15 is 0 Å². The van der Waals surface area contributed by atoms with Crippen LogP contribution < -0.4 is 5.73 Å². The fourth-order valence-electron chi connectivity index (χ4n) is 1.90. The van der Waals surface area contributed by atoms with E-state index in [0.717, 1.165) is 0 Å². The van der Waals surface area contributed by atoms with Crippen LogP contribution in [0.4, 0.5) is 4.39 Å². The second-order valence-electron chi connectivity index (χ2n) is 3.80. The van der Waals surface area contributed by atoms with Crippen molar-refractivity contribution in [3.63, 3.8) is 0 Å². The Kier molecular flexibility index (Phi) is 2.90. The Morgan fingerprint density at radius 1 is 1.44 bits per heavy atom. The molecular weight excluding hydrogens is 239 g/mol. The van der Waals surface area contributed by atoms with Crippen molar-refractivity contribution in [2.24, 2.45) is 5.73 Å². The van der Waals surface area contributed by atoms with Crippen molar-refractivity contribution < 1.29 is 19.0 Å². The van der Waals surface area contributed by atoms with Gasteiger partial charge in [-0.25, -0.2) is 9.18 Å². The van der Waals surface area contributed by atoms with Gasteiger partial charge in [0.15, 0.2) is 5.88 Å². The average Bonchev–Trinajstić information content (AvgIpc) is 2.67. The molecule has 0 saturated carbocycles. The Morgan fingerprint density at radius 3 is 2.56 bits per heavy atom. The highest BCUT2D eigenvalue weighted by atomic mass is 19.1. The van der Waals surface area contributed by atoms with E-state index < -0.39 is 23.8 Å². The lowest BCUT2D eigenvalue weighted by molar-refractivity contribution is -0.147. The van der Waals surface area contributed by atoms with Crippen LogP contribution in [0.15, 0.2) is 35.7 Å². The van der Waals surface area contributed by atoms with E-state index in [-0.39, 0.29) is 11.5 Å². The van der Waals surface area contributed by atoms with Gasteiger partial charge in [-0.2, -0.15) is 5.26 Å². The molecule has 1 heterocycles. The highest BCUT2D eigenvalue weighted by molar-refractivity contribution is 5.76. The minimum Gasteiger partial charge on any atom is -0.478 e. The number of carboxylic acids is 1. The lowest BCUT2D eigenvalue weighted by Gasteiger charge is -2.15. The molecule has 0 radical (unpaired) electrons. The maximum atomic E-state index is 12.8. The summed E-state index contributed by atoms with van der Waals surface area (Å²) in [7, 11) is 0. The van der Waals surface area contributed by atoms with E-state index in [0.29, 0.717) is 5.56 Å². The minimum absolute atomic E-state index is 0.0500. The van der Waals surface area contributed by atoms with Gasteiger partial charge in [0.2, 0.25) is 6.10 Å². The van der Waals surface area contributed by atoms with Crippen LogP contribution in [0.2, 0.25) is 0 Å². The molecule has 18 heavy (non-hydrogen) atoms. The summed E-state index contributed by atoms with van der Waals surface area (Å²) in [4.78, 5) is 11.1. The highest BCUT2D eigenvalue weighted by Gasteiger charge is 2.42. The summed E-state index contributed by atoms with van der Waals surface area (Å²) in [6.07, 6.45) is -1.26. The summed E-state index contributed by atoms with van der Waals surface area (Å²) in [6.45, 7) is 0. The number of benzene rings is 1. The standard InChI is InChI=1S/C12H9FN2O3/c13-7-3-1-6(2-4-7)9-8(5-14)11(15)18-10(9)12(16)17/h1-4,9-10H,15H2,(H,16,17)/t9-,10+/m1/s1. The molecular formula is C12H9FN2O3. The zero-order valence-corrected chi connectivity index (χ0v) is 9.13. The van der Waals surface area contributed by atoms with Gasteiger partial charge < -0.3 is 15.6 Å². The lowest BCUT2D eigenvalue weighted by Crippen LogP contribution is -2.27. The van der Waals surface area contributed by atoms with Gasteiger partial charge in [0.05, 0.1) is 5.92 Å². The number of nitrogens with zero attached hydrogens (tertiary/aromatic N) is 1. The van der Waals surface area contributed by atoms with Crippen LogP contribution in [0.1, 0.15) is 11.5 Å². The SMILES string of the molecule is N#CC1=C(N)O[C@H](C(=O)O)[C@@H]1c1ccc(F)cc1. The predicted octanol–water partition coefficient (Wildman–Crippen LogP) is 1.09. The maximum absolute atomic E-state index is 12.8. The Hall–Kier alpha value is -2.55. The van der Waals surface area contributed by atoms with Crippen molar-refractivity contribution in [3.05, 3.63) is 47.1 Å². The van der Waals surface area contributed by atoms with E-state index in [1.165, 1.54) is 24.3 Å². The molecule has 2 atom stereocenters. The van der Waals surface area contributed by atoms with Gasteiger partial charge in [0.1, 0.15) is 17.5 Å². The molecule has 1 aliphatic heterocycles. The number of halogens is 1. The normalized spacial score (nSPS) is 22.4. The van der Waals surface area contributed by atoms with Gasteiger partial charge in [-0.3, -0.25) is 0 Å². The van der Waals surface area contributed by atoms with Gasteiger partial charge in [-0.1, -0.05) is 12.1 Å². The summed E-state index contributed by atoms with van der Waals surface area (Å²) >= 11 is 0. The monoisotopic (exact) mass is 248 g/mol. The molecule has 0 aliphatic carbocycles. The summed E-state index contributed by atoms with van der Waals surface area (Å²) in [5.41, 5.74) is 6.00. The van der Waals surface area contributed by atoms with Crippen molar-refractivity contribution in [1.29, 1.82) is 5.26 Å². The molecule has 5 nitrogen and oxygen atoms in total. The second kappa shape index (κ2) is 4.37. The highest BCUT2D eigenvalue weighted by Crippen LogP contribution is 2.37. The zero-order valence-electron chi connectivity index (χ0n) is 9.13. The summed E-state index contributed by atoms with van der Waals surface area (Å²) in [5.74, 6) is -2.68. The fourth-order valence-corrected chi connectivity index (χ4v) is 1.90. The molecule has 1 aromatic rings. The molecule has 0 fully saturated rings. The molecule has 6 heteroatoms. The predicted molar refractivity (Wildman–Crippen MR) is 58.5 cm³/mol. The number of aliphatic carboxylic acids is 1. The average molecular weight is 248 g/mol. The molecule has 92 valence electrons. The molecule has 0 unspecified atom stereocenters. The van der Waals surface area contributed by atoms with Crippen molar-refractivity contribution in [2.75, 3.05) is 0 Å². The van der Waals surface area contributed by atoms with E-state index in [1.54, 1.807) is 0 Å². The maximum Gasteiger partial charge on any atom is 0.346 e. The third-order valence-corrected chi connectivity index (χ3v) is 2.73. The summed E-state index contributed by atoms with van der Waals surface area (Å²) < 4.78 is 17.8. The number of carbonyl (C=O) groups is 1. The minimum atomic E-state index is -1.26. The van der Waals surface area contributed by atoms with Crippen LogP contribution in [0.5, 0.6) is 0 Å². The molecule has 0 saturated heterocycles. The van der Waals surface area contributed by atoms with Crippen LogP contribution in [0, 0.1) is 17.1 Å². The number of nitrogens with two attached hydrogens (primary N) is 1. The van der Waals surface area contributed by atoms with Crippen LogP contribution in [-0.2, 0) is 9.53 Å². The molecule has 2 rings (SSSR count). The van der Waals surface area contributed by atoms with Crippen molar-refractivity contribution in [1.82, 2.24) is 0 Å². The third kappa shape index (κ3) is 1.86. The quantitative estimate of drug-likeness (QED) is 0.816. The van der Waals surface area contributed by atoms with Gasteiger partial charge >= 0.3 is 5.97 Å². The van der Waals surface area contributed by atoms with E-state index in [2.05, 4.69) is 0 Å². The van der Waals surface area contributed by atoms with Gasteiger partial charge in [0.25, 0.3) is 0 Å². The first kappa shape index (κ1) is 11.9. The topological polar surface area (TPSA) is 96.3 Å². The Morgan fingerprint density at radius 2 is 2.06 bits per heavy atom. The van der Waals surface area contributed by atoms with E-state index in [1.807, 2.05) is 6.07 Å². The number of nitriles is 1. The third-order valence-electron chi connectivity index (χ3n) is 2.73. The van der Waals surface area contributed by atoms with Gasteiger partial charge in [-0.05, 0) is 17.7 Å². The van der Waals surface area contributed by atoms with E-state index in [9.17, 15) is 9.18 Å².